The summed E-state index contributed by atoms with van der Waals surface area (Å²) in [4.78, 5) is 4.16. The van der Waals surface area contributed by atoms with Crippen LogP contribution in [0.3, 0.4) is 0 Å². The average molecular weight is 201 g/mol. The van der Waals surface area contributed by atoms with E-state index in [0.717, 1.165) is 38.2 Å². The van der Waals surface area contributed by atoms with Crippen molar-refractivity contribution < 1.29 is 0 Å². The van der Waals surface area contributed by atoms with Crippen molar-refractivity contribution in [3.63, 3.8) is 0 Å². The second kappa shape index (κ2) is 3.64. The van der Waals surface area contributed by atoms with Crippen LogP contribution in [0.4, 0.5) is 0 Å². The van der Waals surface area contributed by atoms with Crippen molar-refractivity contribution in [1.82, 2.24) is 14.8 Å². The van der Waals surface area contributed by atoms with Gasteiger partial charge in [0.15, 0.2) is 0 Å². The van der Waals surface area contributed by atoms with Crippen molar-refractivity contribution in [3.8, 4) is 0 Å². The molecule has 0 aromatic carbocycles. The van der Waals surface area contributed by atoms with Crippen LogP contribution >= 0.6 is 11.6 Å². The third-order valence-corrected chi connectivity index (χ3v) is 2.68. The minimum absolute atomic E-state index is 0.364. The molecule has 2 N–H and O–H groups in total. The second-order valence-electron chi connectivity index (χ2n) is 3.46. The van der Waals surface area contributed by atoms with Crippen molar-refractivity contribution in [2.75, 3.05) is 6.54 Å². The molecular formula is C8H13ClN4. The zero-order valence-electron chi connectivity index (χ0n) is 7.41. The summed E-state index contributed by atoms with van der Waals surface area (Å²) in [6.07, 6.45) is 3.19. The number of halogens is 1. The molecule has 0 radical (unpaired) electrons. The van der Waals surface area contributed by atoms with Gasteiger partial charge >= 0.3 is 0 Å². The van der Waals surface area contributed by atoms with E-state index < -0.39 is 0 Å². The number of rotatable bonds is 2. The lowest BCUT2D eigenvalue weighted by Crippen LogP contribution is -2.22. The second-order valence-corrected chi connectivity index (χ2v) is 3.79. The molecule has 0 fully saturated rings. The molecule has 1 unspecified atom stereocenters. The van der Waals surface area contributed by atoms with Crippen molar-refractivity contribution in [3.05, 3.63) is 11.1 Å². The molecule has 13 heavy (non-hydrogen) atoms. The first-order valence-electron chi connectivity index (χ1n) is 4.59. The quantitative estimate of drug-likeness (QED) is 0.770. The van der Waals surface area contributed by atoms with Gasteiger partial charge in [-0.15, -0.1) is 5.10 Å². The predicted octanol–water partition coefficient (Wildman–Crippen LogP) is 0.843. The molecule has 4 nitrogen and oxygen atoms in total. The van der Waals surface area contributed by atoms with Gasteiger partial charge in [0.25, 0.3) is 0 Å². The molecule has 2 rings (SSSR count). The van der Waals surface area contributed by atoms with Crippen molar-refractivity contribution in [1.29, 1.82) is 0 Å². The van der Waals surface area contributed by atoms with Gasteiger partial charge in [-0.05, 0) is 36.9 Å². The van der Waals surface area contributed by atoms with Gasteiger partial charge in [0, 0.05) is 13.0 Å². The van der Waals surface area contributed by atoms with Gasteiger partial charge in [0.05, 0.1) is 0 Å². The third kappa shape index (κ3) is 1.84. The van der Waals surface area contributed by atoms with Gasteiger partial charge in [0.2, 0.25) is 5.28 Å². The minimum atomic E-state index is 0.364. The summed E-state index contributed by atoms with van der Waals surface area (Å²) < 4.78 is 1.90. The Morgan fingerprint density at radius 1 is 1.62 bits per heavy atom. The molecule has 1 aliphatic rings. The Labute approximate surface area is 82.1 Å². The summed E-state index contributed by atoms with van der Waals surface area (Å²) in [5.74, 6) is 1.67. The largest absolute Gasteiger partial charge is 0.330 e. The molecule has 1 atom stereocenters. The maximum atomic E-state index is 5.71. The van der Waals surface area contributed by atoms with E-state index in [0.29, 0.717) is 11.2 Å². The molecule has 1 aromatic rings. The zero-order chi connectivity index (χ0) is 9.26. The monoisotopic (exact) mass is 200 g/mol. The molecule has 0 bridgehead atoms. The van der Waals surface area contributed by atoms with Crippen LogP contribution in [-0.4, -0.2) is 21.3 Å². The van der Waals surface area contributed by atoms with Crippen LogP contribution in [0.5, 0.6) is 0 Å². The molecular weight excluding hydrogens is 188 g/mol. The fourth-order valence-electron chi connectivity index (χ4n) is 1.82. The van der Waals surface area contributed by atoms with Gasteiger partial charge in [-0.1, -0.05) is 0 Å². The smallest absolute Gasteiger partial charge is 0.242 e. The van der Waals surface area contributed by atoms with Crippen molar-refractivity contribution in [2.45, 2.75) is 25.8 Å². The van der Waals surface area contributed by atoms with E-state index in [1.165, 1.54) is 0 Å². The first-order chi connectivity index (χ1) is 6.29. The number of aryl methyl sites for hydroxylation is 1. The molecule has 72 valence electrons. The first-order valence-corrected chi connectivity index (χ1v) is 4.96. The maximum Gasteiger partial charge on any atom is 0.242 e. The van der Waals surface area contributed by atoms with Crippen LogP contribution in [-0.2, 0) is 13.0 Å². The number of nitrogens with two attached hydrogens (primary N) is 1. The van der Waals surface area contributed by atoms with Gasteiger partial charge < -0.3 is 5.73 Å². The van der Waals surface area contributed by atoms with Crippen LogP contribution in [0.1, 0.15) is 18.7 Å². The van der Waals surface area contributed by atoms with E-state index >= 15 is 0 Å². The first kappa shape index (κ1) is 8.97. The predicted molar refractivity (Wildman–Crippen MR) is 50.5 cm³/mol. The van der Waals surface area contributed by atoms with E-state index in [1.807, 2.05) is 4.68 Å². The Bertz CT molecular complexity index is 296. The van der Waals surface area contributed by atoms with E-state index in [1.54, 1.807) is 0 Å². The summed E-state index contributed by atoms with van der Waals surface area (Å²) in [5.41, 5.74) is 5.52. The standard InChI is InChI=1S/C8H13ClN4/c9-8-11-7-5-6(1-3-10)2-4-13(7)12-8/h6H,1-5,10H2. The Hall–Kier alpha value is -0.610. The van der Waals surface area contributed by atoms with Crippen LogP contribution in [0.2, 0.25) is 5.28 Å². The highest BCUT2D eigenvalue weighted by molar-refractivity contribution is 6.28. The number of nitrogens with zero attached hydrogens (tertiary/aromatic N) is 3. The van der Waals surface area contributed by atoms with Gasteiger partial charge in [-0.2, -0.15) is 0 Å². The molecule has 2 heterocycles. The summed E-state index contributed by atoms with van der Waals surface area (Å²) in [6.45, 7) is 1.69. The number of aromatic nitrogens is 3. The highest BCUT2D eigenvalue weighted by Gasteiger charge is 2.20. The molecule has 5 heteroatoms. The minimum Gasteiger partial charge on any atom is -0.330 e. The highest BCUT2D eigenvalue weighted by atomic mass is 35.5. The van der Waals surface area contributed by atoms with Crippen LogP contribution in [0.25, 0.3) is 0 Å². The SMILES string of the molecule is NCCC1CCn2nc(Cl)nc2C1. The van der Waals surface area contributed by atoms with Crippen LogP contribution in [0.15, 0.2) is 0 Å². The lowest BCUT2D eigenvalue weighted by atomic mass is 9.95. The highest BCUT2D eigenvalue weighted by Crippen LogP contribution is 2.21. The van der Waals surface area contributed by atoms with Crippen molar-refractivity contribution in [2.24, 2.45) is 11.7 Å². The zero-order valence-corrected chi connectivity index (χ0v) is 8.17. The fourth-order valence-corrected chi connectivity index (χ4v) is 2.01. The fraction of sp³-hybridized carbons (Fsp3) is 0.750. The number of hydrogen-bond donors (Lipinski definition) is 1. The summed E-state index contributed by atoms with van der Waals surface area (Å²) in [7, 11) is 0. The molecule has 1 aliphatic heterocycles. The van der Waals surface area contributed by atoms with Crippen LogP contribution < -0.4 is 5.73 Å². The van der Waals surface area contributed by atoms with Gasteiger partial charge in [-0.25, -0.2) is 9.67 Å². The Morgan fingerprint density at radius 2 is 2.46 bits per heavy atom. The number of fused-ring (bicyclic) bond motifs is 1. The average Bonchev–Trinajstić information content (AvgIpc) is 2.44. The Balaban J connectivity index is 2.10. The lowest BCUT2D eigenvalue weighted by molar-refractivity contribution is 0.348. The van der Waals surface area contributed by atoms with E-state index in [-0.39, 0.29) is 0 Å². The normalized spacial score (nSPS) is 21.5. The van der Waals surface area contributed by atoms with Gasteiger partial charge in [-0.3, -0.25) is 0 Å². The topological polar surface area (TPSA) is 56.7 Å². The van der Waals surface area contributed by atoms with Crippen molar-refractivity contribution >= 4 is 11.6 Å². The molecule has 1 aromatic heterocycles. The third-order valence-electron chi connectivity index (χ3n) is 2.52. The summed E-state index contributed by atoms with van der Waals surface area (Å²) >= 11 is 5.71. The summed E-state index contributed by atoms with van der Waals surface area (Å²) in [6, 6.07) is 0. The molecule has 0 saturated carbocycles. The lowest BCUT2D eigenvalue weighted by Gasteiger charge is -2.21. The molecule has 0 aliphatic carbocycles. The molecule has 0 spiro atoms. The Kier molecular flexibility index (Phi) is 2.51. The van der Waals surface area contributed by atoms with E-state index in [4.69, 9.17) is 17.3 Å². The molecule has 0 saturated heterocycles. The van der Waals surface area contributed by atoms with Gasteiger partial charge in [0.1, 0.15) is 5.82 Å². The van der Waals surface area contributed by atoms with E-state index in [9.17, 15) is 0 Å². The number of hydrogen-bond acceptors (Lipinski definition) is 3. The van der Waals surface area contributed by atoms with E-state index in [2.05, 4.69) is 10.1 Å². The summed E-state index contributed by atoms with van der Waals surface area (Å²) in [5, 5.41) is 4.45. The Morgan fingerprint density at radius 3 is 3.23 bits per heavy atom. The molecule has 0 amide bonds. The maximum absolute atomic E-state index is 5.71. The van der Waals surface area contributed by atoms with Crippen LogP contribution in [0, 0.1) is 5.92 Å².